The molecule has 2 aromatic carbocycles. The number of thiophene rings is 1. The molecule has 34 heavy (non-hydrogen) atoms. The fourth-order valence-electron chi connectivity index (χ4n) is 5.15. The normalized spacial score (nSPS) is 17.1. The van der Waals surface area contributed by atoms with Gasteiger partial charge in [-0.15, -0.1) is 11.3 Å². The van der Waals surface area contributed by atoms with Gasteiger partial charge in [0.25, 0.3) is 0 Å². The minimum Gasteiger partial charge on any atom is -0.340 e. The fraction of sp³-hybridized carbons (Fsp3) is 0.333. The number of piperidine rings is 1. The van der Waals surface area contributed by atoms with Crippen molar-refractivity contribution in [2.75, 3.05) is 36.5 Å². The number of fused-ring (bicyclic) bond motifs is 2. The van der Waals surface area contributed by atoms with E-state index in [1.807, 2.05) is 17.5 Å². The van der Waals surface area contributed by atoms with Gasteiger partial charge in [0.1, 0.15) is 17.5 Å². The summed E-state index contributed by atoms with van der Waals surface area (Å²) in [4.78, 5) is 10.1. The summed E-state index contributed by atoms with van der Waals surface area (Å²) in [6.45, 7) is 4.27. The van der Waals surface area contributed by atoms with Crippen molar-refractivity contribution in [1.29, 1.82) is 0 Å². The Hall–Kier alpha value is -3.16. The Morgan fingerprint density at radius 1 is 1.06 bits per heavy atom. The molecule has 0 aliphatic carbocycles. The number of hydrogen-bond donors (Lipinski definition) is 2. The highest BCUT2D eigenvalue weighted by atomic mass is 32.1. The molecule has 0 unspecified atom stereocenters. The molecule has 2 aliphatic rings. The van der Waals surface area contributed by atoms with Crippen LogP contribution in [0.1, 0.15) is 30.4 Å². The highest BCUT2D eigenvalue weighted by molar-refractivity contribution is 7.14. The van der Waals surface area contributed by atoms with Crippen molar-refractivity contribution in [3.63, 3.8) is 0 Å². The van der Waals surface area contributed by atoms with E-state index in [0.29, 0.717) is 6.04 Å². The molecule has 4 aromatic rings. The van der Waals surface area contributed by atoms with Crippen LogP contribution in [0, 0.1) is 0 Å². The Bertz CT molecular complexity index is 1270. The molecule has 1 saturated heterocycles. The molecule has 0 saturated carbocycles. The molecule has 0 bridgehead atoms. The zero-order valence-corrected chi connectivity index (χ0v) is 20.1. The van der Waals surface area contributed by atoms with E-state index in [0.717, 1.165) is 29.1 Å². The number of nitrogens with zero attached hydrogens (tertiary/aromatic N) is 4. The Morgan fingerprint density at radius 2 is 1.94 bits per heavy atom. The molecule has 174 valence electrons. The van der Waals surface area contributed by atoms with Crippen molar-refractivity contribution >= 4 is 38.8 Å². The van der Waals surface area contributed by atoms with Crippen molar-refractivity contribution in [2.24, 2.45) is 4.99 Å². The van der Waals surface area contributed by atoms with Gasteiger partial charge in [-0.1, -0.05) is 30.3 Å². The van der Waals surface area contributed by atoms with Crippen LogP contribution in [-0.2, 0) is 6.42 Å². The van der Waals surface area contributed by atoms with E-state index in [1.165, 1.54) is 61.4 Å². The quantitative estimate of drug-likeness (QED) is 0.398. The van der Waals surface area contributed by atoms with Crippen LogP contribution in [0.2, 0.25) is 0 Å². The lowest BCUT2D eigenvalue weighted by atomic mass is 10.0. The van der Waals surface area contributed by atoms with E-state index < -0.39 is 0 Å². The van der Waals surface area contributed by atoms with Gasteiger partial charge in [-0.3, -0.25) is 5.10 Å². The Balaban J connectivity index is 1.06. The third kappa shape index (κ3) is 4.45. The number of amidine groups is 1. The van der Waals surface area contributed by atoms with E-state index in [-0.39, 0.29) is 0 Å². The van der Waals surface area contributed by atoms with Gasteiger partial charge in [0.15, 0.2) is 0 Å². The number of aromatic nitrogens is 2. The smallest absolute Gasteiger partial charge is 0.137 e. The van der Waals surface area contributed by atoms with Crippen LogP contribution in [0.5, 0.6) is 0 Å². The average Bonchev–Trinajstić information content (AvgIpc) is 3.55. The molecular formula is C27H30N6S. The maximum Gasteiger partial charge on any atom is 0.137 e. The first kappa shape index (κ1) is 21.4. The number of benzene rings is 2. The first-order chi connectivity index (χ1) is 16.8. The zero-order valence-electron chi connectivity index (χ0n) is 19.3. The summed E-state index contributed by atoms with van der Waals surface area (Å²) in [7, 11) is 0. The van der Waals surface area contributed by atoms with Gasteiger partial charge in [0, 0.05) is 30.2 Å². The second-order valence-electron chi connectivity index (χ2n) is 9.22. The first-order valence-electron chi connectivity index (χ1n) is 12.2. The van der Waals surface area contributed by atoms with Crippen LogP contribution >= 0.6 is 11.3 Å². The Labute approximate surface area is 204 Å². The van der Waals surface area contributed by atoms with E-state index in [1.54, 1.807) is 0 Å². The predicted octanol–water partition coefficient (Wildman–Crippen LogP) is 5.36. The largest absolute Gasteiger partial charge is 0.340 e. The molecule has 4 heterocycles. The zero-order chi connectivity index (χ0) is 22.7. The van der Waals surface area contributed by atoms with Crippen molar-refractivity contribution < 1.29 is 0 Å². The SMILES string of the molecule is c1ccc(CCCN2CCC(N3CN=C(Nc4ccc5cn[nH]c5c4)c4ccsc43)CC2)cc1. The van der Waals surface area contributed by atoms with Crippen molar-refractivity contribution in [3.8, 4) is 0 Å². The summed E-state index contributed by atoms with van der Waals surface area (Å²) >= 11 is 1.83. The fourth-order valence-corrected chi connectivity index (χ4v) is 6.11. The number of nitrogens with one attached hydrogen (secondary N) is 2. The number of H-pyrrole nitrogens is 1. The van der Waals surface area contributed by atoms with Crippen molar-refractivity contribution in [1.82, 2.24) is 15.1 Å². The van der Waals surface area contributed by atoms with Gasteiger partial charge >= 0.3 is 0 Å². The van der Waals surface area contributed by atoms with Crippen LogP contribution in [0.4, 0.5) is 10.7 Å². The number of likely N-dealkylation sites (tertiary alicyclic amines) is 1. The second kappa shape index (κ2) is 9.60. The number of aromatic amines is 1. The molecule has 6 rings (SSSR count). The maximum absolute atomic E-state index is 4.96. The lowest BCUT2D eigenvalue weighted by Crippen LogP contribution is -2.46. The molecule has 1 fully saturated rings. The van der Waals surface area contributed by atoms with E-state index in [2.05, 4.69) is 85.3 Å². The second-order valence-corrected chi connectivity index (χ2v) is 10.1. The topological polar surface area (TPSA) is 59.5 Å². The highest BCUT2D eigenvalue weighted by Crippen LogP contribution is 2.35. The minimum atomic E-state index is 0.564. The number of aliphatic imine (C=N–C) groups is 1. The van der Waals surface area contributed by atoms with Crippen LogP contribution in [0.15, 0.2) is 71.2 Å². The molecule has 0 spiro atoms. The van der Waals surface area contributed by atoms with E-state index >= 15 is 0 Å². The lowest BCUT2D eigenvalue weighted by molar-refractivity contribution is 0.207. The molecule has 2 aliphatic heterocycles. The van der Waals surface area contributed by atoms with Crippen molar-refractivity contribution in [3.05, 3.63) is 77.3 Å². The van der Waals surface area contributed by atoms with Crippen LogP contribution in [0.25, 0.3) is 10.9 Å². The summed E-state index contributed by atoms with van der Waals surface area (Å²) < 4.78 is 0. The third-order valence-corrected chi connectivity index (χ3v) is 7.98. The molecule has 0 atom stereocenters. The Morgan fingerprint density at radius 3 is 2.82 bits per heavy atom. The van der Waals surface area contributed by atoms with Gasteiger partial charge in [0.05, 0.1) is 17.3 Å². The van der Waals surface area contributed by atoms with Crippen LogP contribution < -0.4 is 10.2 Å². The van der Waals surface area contributed by atoms with E-state index in [9.17, 15) is 0 Å². The first-order valence-corrected chi connectivity index (χ1v) is 13.1. The Kier molecular flexibility index (Phi) is 6.04. The van der Waals surface area contributed by atoms with Crippen molar-refractivity contribution in [2.45, 2.75) is 31.7 Å². The number of hydrogen-bond acceptors (Lipinski definition) is 6. The summed E-state index contributed by atoms with van der Waals surface area (Å²) in [5.74, 6) is 0.963. The summed E-state index contributed by atoms with van der Waals surface area (Å²) in [6, 6.07) is 19.9. The van der Waals surface area contributed by atoms with Gasteiger partial charge in [-0.05, 0) is 67.4 Å². The predicted molar refractivity (Wildman–Crippen MR) is 142 cm³/mol. The van der Waals surface area contributed by atoms with Crippen LogP contribution in [-0.4, -0.2) is 53.3 Å². The summed E-state index contributed by atoms with van der Waals surface area (Å²) in [5, 5.41) is 15.4. The monoisotopic (exact) mass is 470 g/mol. The third-order valence-electron chi connectivity index (χ3n) is 7.03. The standard InChI is InChI=1S/C27H30N6S/c1-2-5-20(6-3-1)7-4-13-32-14-10-23(11-15-32)33-19-28-26(24-12-16-34-27(24)33)30-22-9-8-21-18-29-31-25(21)17-22/h1-3,5-6,8-9,12,16-18,23H,4,7,10-11,13-15,19H2,(H,28,30)(H,29,31). The molecule has 2 N–H and O–H groups in total. The minimum absolute atomic E-state index is 0.564. The molecule has 6 nitrogen and oxygen atoms in total. The lowest BCUT2D eigenvalue weighted by Gasteiger charge is -2.40. The maximum atomic E-state index is 4.96. The number of aryl methyl sites for hydroxylation is 1. The van der Waals surface area contributed by atoms with Gasteiger partial charge < -0.3 is 15.1 Å². The van der Waals surface area contributed by atoms with Gasteiger partial charge in [-0.2, -0.15) is 5.10 Å². The van der Waals surface area contributed by atoms with Gasteiger partial charge in [-0.25, -0.2) is 4.99 Å². The van der Waals surface area contributed by atoms with Gasteiger partial charge in [0.2, 0.25) is 0 Å². The molecule has 0 amide bonds. The summed E-state index contributed by atoms with van der Waals surface area (Å²) in [6.07, 6.45) is 6.66. The number of anilines is 2. The summed E-state index contributed by atoms with van der Waals surface area (Å²) in [5.41, 5.74) is 4.72. The molecule has 0 radical (unpaired) electrons. The molecular weight excluding hydrogens is 440 g/mol. The molecule has 7 heteroatoms. The van der Waals surface area contributed by atoms with Crippen LogP contribution in [0.3, 0.4) is 0 Å². The van der Waals surface area contributed by atoms with E-state index in [4.69, 9.17) is 4.99 Å². The number of rotatable bonds is 6. The molecule has 2 aromatic heterocycles. The highest BCUT2D eigenvalue weighted by Gasteiger charge is 2.30. The average molecular weight is 471 g/mol.